The number of ether oxygens (including phenoxy) is 1. The van der Waals surface area contributed by atoms with Gasteiger partial charge in [0.15, 0.2) is 0 Å². The Bertz CT molecular complexity index is 351. The fourth-order valence-corrected chi connectivity index (χ4v) is 0.984. The van der Waals surface area contributed by atoms with Crippen molar-refractivity contribution in [2.24, 2.45) is 0 Å². The van der Waals surface area contributed by atoms with Gasteiger partial charge in [0.1, 0.15) is 5.82 Å². The van der Waals surface area contributed by atoms with Crippen LogP contribution in [0.15, 0.2) is 12.1 Å². The van der Waals surface area contributed by atoms with Crippen LogP contribution in [-0.2, 0) is 4.74 Å². The van der Waals surface area contributed by atoms with E-state index < -0.39 is 11.8 Å². The van der Waals surface area contributed by atoms with Gasteiger partial charge >= 0.3 is 5.97 Å². The van der Waals surface area contributed by atoms with E-state index in [1.807, 2.05) is 13.8 Å². The highest BCUT2D eigenvalue weighted by Gasteiger charge is 2.12. The van der Waals surface area contributed by atoms with Crippen LogP contribution >= 0.6 is 0 Å². The lowest BCUT2D eigenvalue weighted by Gasteiger charge is -2.05. The third-order valence-corrected chi connectivity index (χ3v) is 1.74. The zero-order chi connectivity index (χ0) is 12.0. The molecule has 0 unspecified atom stereocenters. The fraction of sp³-hybridized carbons (Fsp3) is 0.364. The molecule has 0 spiro atoms. The van der Waals surface area contributed by atoms with E-state index in [1.165, 1.54) is 13.2 Å². The Kier molecular flexibility index (Phi) is 5.37. The lowest BCUT2D eigenvalue weighted by molar-refractivity contribution is 0.0602. The summed E-state index contributed by atoms with van der Waals surface area (Å²) in [6.07, 6.45) is 0. The first-order valence-electron chi connectivity index (χ1n) is 4.70. The SMILES string of the molecule is CC.COC(=O)c1cc(C)c(F)cc1N. The predicted octanol–water partition coefficient (Wildman–Crippen LogP) is 2.53. The van der Waals surface area contributed by atoms with Crippen molar-refractivity contribution >= 4 is 11.7 Å². The van der Waals surface area contributed by atoms with Crippen molar-refractivity contribution in [3.63, 3.8) is 0 Å². The first-order valence-corrected chi connectivity index (χ1v) is 4.70. The lowest BCUT2D eigenvalue weighted by Crippen LogP contribution is -2.06. The van der Waals surface area contributed by atoms with Gasteiger partial charge in [-0.1, -0.05) is 13.8 Å². The number of aryl methyl sites for hydroxylation is 1. The van der Waals surface area contributed by atoms with Crippen LogP contribution in [0, 0.1) is 12.7 Å². The van der Waals surface area contributed by atoms with E-state index in [4.69, 9.17) is 5.73 Å². The van der Waals surface area contributed by atoms with Crippen LogP contribution in [0.4, 0.5) is 10.1 Å². The first-order chi connectivity index (χ1) is 7.06. The normalized spacial score (nSPS) is 8.87. The smallest absolute Gasteiger partial charge is 0.339 e. The van der Waals surface area contributed by atoms with Gasteiger partial charge in [-0.25, -0.2) is 9.18 Å². The molecule has 0 aliphatic heterocycles. The summed E-state index contributed by atoms with van der Waals surface area (Å²) in [7, 11) is 1.25. The van der Waals surface area contributed by atoms with Crippen molar-refractivity contribution in [2.45, 2.75) is 20.8 Å². The quantitative estimate of drug-likeness (QED) is 0.576. The summed E-state index contributed by atoms with van der Waals surface area (Å²) in [5.74, 6) is -0.981. The third kappa shape index (κ3) is 3.23. The van der Waals surface area contributed by atoms with Gasteiger partial charge in [-0.2, -0.15) is 0 Å². The van der Waals surface area contributed by atoms with Gasteiger partial charge < -0.3 is 10.5 Å². The monoisotopic (exact) mass is 213 g/mol. The molecule has 15 heavy (non-hydrogen) atoms. The Morgan fingerprint density at radius 3 is 2.40 bits per heavy atom. The standard InChI is InChI=1S/C9H10FNO2.C2H6/c1-5-3-6(9(12)13-2)8(11)4-7(5)10;1-2/h3-4H,11H2,1-2H3;1-2H3. The summed E-state index contributed by atoms with van der Waals surface area (Å²) >= 11 is 0. The highest BCUT2D eigenvalue weighted by molar-refractivity contribution is 5.95. The van der Waals surface area contributed by atoms with E-state index in [0.717, 1.165) is 6.07 Å². The topological polar surface area (TPSA) is 52.3 Å². The highest BCUT2D eigenvalue weighted by atomic mass is 19.1. The fourth-order valence-electron chi connectivity index (χ4n) is 0.984. The Morgan fingerprint density at radius 1 is 1.40 bits per heavy atom. The molecule has 0 bridgehead atoms. The minimum absolute atomic E-state index is 0.0925. The summed E-state index contributed by atoms with van der Waals surface area (Å²) in [4.78, 5) is 11.1. The molecule has 0 aliphatic carbocycles. The van der Waals surface area contributed by atoms with E-state index in [9.17, 15) is 9.18 Å². The maximum Gasteiger partial charge on any atom is 0.339 e. The number of nitrogen functional groups attached to an aromatic ring is 1. The molecule has 0 atom stereocenters. The highest BCUT2D eigenvalue weighted by Crippen LogP contribution is 2.17. The summed E-state index contributed by atoms with van der Waals surface area (Å²) in [6, 6.07) is 2.48. The van der Waals surface area contributed by atoms with Gasteiger partial charge in [0, 0.05) is 5.69 Å². The summed E-state index contributed by atoms with van der Waals surface area (Å²) in [5.41, 5.74) is 6.08. The Balaban J connectivity index is 0.000000921. The number of carbonyl (C=O) groups excluding carboxylic acids is 1. The number of carbonyl (C=O) groups is 1. The molecule has 3 nitrogen and oxygen atoms in total. The predicted molar refractivity (Wildman–Crippen MR) is 58.2 cm³/mol. The molecule has 0 fully saturated rings. The van der Waals surface area contributed by atoms with Gasteiger partial charge in [-0.3, -0.25) is 0 Å². The van der Waals surface area contributed by atoms with Gasteiger partial charge in [0.05, 0.1) is 12.7 Å². The molecule has 1 aromatic carbocycles. The van der Waals surface area contributed by atoms with Crippen LogP contribution in [-0.4, -0.2) is 13.1 Å². The van der Waals surface area contributed by atoms with Crippen molar-refractivity contribution in [1.82, 2.24) is 0 Å². The van der Waals surface area contributed by atoms with Crippen molar-refractivity contribution in [2.75, 3.05) is 12.8 Å². The summed E-state index contributed by atoms with van der Waals surface area (Å²) < 4.78 is 17.4. The second-order valence-electron chi connectivity index (χ2n) is 2.68. The number of benzene rings is 1. The third-order valence-electron chi connectivity index (χ3n) is 1.74. The van der Waals surface area contributed by atoms with Crippen LogP contribution in [0.3, 0.4) is 0 Å². The van der Waals surface area contributed by atoms with Crippen molar-refractivity contribution in [1.29, 1.82) is 0 Å². The maximum absolute atomic E-state index is 12.9. The minimum atomic E-state index is -0.555. The number of halogens is 1. The largest absolute Gasteiger partial charge is 0.465 e. The zero-order valence-electron chi connectivity index (χ0n) is 9.43. The number of hydrogen-bond donors (Lipinski definition) is 1. The molecule has 4 heteroatoms. The number of hydrogen-bond acceptors (Lipinski definition) is 3. The van der Waals surface area contributed by atoms with Gasteiger partial charge in [0.25, 0.3) is 0 Å². The first kappa shape index (κ1) is 13.4. The Morgan fingerprint density at radius 2 is 1.93 bits per heavy atom. The molecule has 0 aromatic heterocycles. The van der Waals surface area contributed by atoms with Crippen LogP contribution < -0.4 is 5.73 Å². The van der Waals surface area contributed by atoms with Crippen LogP contribution in [0.1, 0.15) is 29.8 Å². The Labute approximate surface area is 89.0 Å². The van der Waals surface area contributed by atoms with Gasteiger partial charge in [0.2, 0.25) is 0 Å². The molecule has 0 saturated carbocycles. The molecule has 0 aliphatic rings. The summed E-state index contributed by atoms with van der Waals surface area (Å²) in [6.45, 7) is 5.56. The molecule has 84 valence electrons. The molecule has 0 amide bonds. The molecule has 1 aromatic rings. The summed E-state index contributed by atoms with van der Waals surface area (Å²) in [5, 5.41) is 0. The molecule has 1 rings (SSSR count). The van der Waals surface area contributed by atoms with Crippen LogP contribution in [0.2, 0.25) is 0 Å². The molecule has 2 N–H and O–H groups in total. The maximum atomic E-state index is 12.9. The van der Waals surface area contributed by atoms with E-state index in [-0.39, 0.29) is 11.3 Å². The van der Waals surface area contributed by atoms with Gasteiger partial charge in [-0.15, -0.1) is 0 Å². The van der Waals surface area contributed by atoms with E-state index >= 15 is 0 Å². The molecule has 0 saturated heterocycles. The van der Waals surface area contributed by atoms with Crippen LogP contribution in [0.25, 0.3) is 0 Å². The number of esters is 1. The average molecular weight is 213 g/mol. The van der Waals surface area contributed by atoms with E-state index in [2.05, 4.69) is 4.74 Å². The second kappa shape index (κ2) is 6.01. The molecule has 0 radical (unpaired) electrons. The minimum Gasteiger partial charge on any atom is -0.465 e. The van der Waals surface area contributed by atoms with Crippen molar-refractivity contribution in [3.05, 3.63) is 29.1 Å². The number of nitrogens with two attached hydrogens (primary N) is 1. The molecule has 0 heterocycles. The Hall–Kier alpha value is -1.58. The molecular weight excluding hydrogens is 197 g/mol. The van der Waals surface area contributed by atoms with E-state index in [0.29, 0.717) is 5.56 Å². The van der Waals surface area contributed by atoms with Gasteiger partial charge in [-0.05, 0) is 24.6 Å². The number of rotatable bonds is 1. The van der Waals surface area contributed by atoms with E-state index in [1.54, 1.807) is 6.92 Å². The average Bonchev–Trinajstić information content (AvgIpc) is 2.25. The molecular formula is C11H16FNO2. The zero-order valence-corrected chi connectivity index (χ0v) is 9.43. The van der Waals surface area contributed by atoms with Crippen LogP contribution in [0.5, 0.6) is 0 Å². The number of anilines is 1. The van der Waals surface area contributed by atoms with Crippen molar-refractivity contribution < 1.29 is 13.9 Å². The van der Waals surface area contributed by atoms with Crippen molar-refractivity contribution in [3.8, 4) is 0 Å². The second-order valence-corrected chi connectivity index (χ2v) is 2.68. The number of methoxy groups -OCH3 is 1. The lowest BCUT2D eigenvalue weighted by atomic mass is 10.1.